The summed E-state index contributed by atoms with van der Waals surface area (Å²) in [5.74, 6) is -0.638. The molecule has 0 atom stereocenters. The van der Waals surface area contributed by atoms with Gasteiger partial charge in [0.25, 0.3) is 0 Å². The zero-order valence-electron chi connectivity index (χ0n) is 10.8. The molecule has 0 aliphatic carbocycles. The average molecular weight is 270 g/mol. The minimum Gasteiger partial charge on any atom is -0.395 e. The maximum atomic E-state index is 12.4. The van der Waals surface area contributed by atoms with E-state index in [0.29, 0.717) is 17.7 Å². The van der Waals surface area contributed by atoms with Crippen molar-refractivity contribution in [2.24, 2.45) is 11.1 Å². The van der Waals surface area contributed by atoms with E-state index in [2.05, 4.69) is 0 Å². The number of halogens is 3. The van der Waals surface area contributed by atoms with E-state index < -0.39 is 30.7 Å². The third-order valence-electron chi connectivity index (χ3n) is 3.23. The summed E-state index contributed by atoms with van der Waals surface area (Å²) in [4.78, 5) is 12.8. The van der Waals surface area contributed by atoms with E-state index >= 15 is 0 Å². The van der Waals surface area contributed by atoms with Crippen LogP contribution in [0.25, 0.3) is 0 Å². The minimum atomic E-state index is -4.48. The molecule has 3 N–H and O–H groups in total. The van der Waals surface area contributed by atoms with Gasteiger partial charge in [-0.05, 0) is 12.8 Å². The number of aliphatic hydroxyl groups is 1. The van der Waals surface area contributed by atoms with Crippen LogP contribution < -0.4 is 5.73 Å². The Balaban J connectivity index is 5.05. The lowest BCUT2D eigenvalue weighted by atomic mass is 9.81. The van der Waals surface area contributed by atoms with Gasteiger partial charge in [-0.25, -0.2) is 0 Å². The van der Waals surface area contributed by atoms with Gasteiger partial charge in [-0.1, -0.05) is 13.8 Å². The summed E-state index contributed by atoms with van der Waals surface area (Å²) in [5, 5.41) is 8.77. The van der Waals surface area contributed by atoms with E-state index in [-0.39, 0.29) is 13.1 Å². The van der Waals surface area contributed by atoms with Crippen molar-refractivity contribution in [3.8, 4) is 0 Å². The van der Waals surface area contributed by atoms with Crippen molar-refractivity contribution in [2.45, 2.75) is 32.9 Å². The van der Waals surface area contributed by atoms with Gasteiger partial charge in [0.15, 0.2) is 0 Å². The van der Waals surface area contributed by atoms with Crippen molar-refractivity contribution < 1.29 is 23.1 Å². The zero-order chi connectivity index (χ0) is 14.4. The molecule has 0 radical (unpaired) electrons. The van der Waals surface area contributed by atoms with Crippen LogP contribution in [0.15, 0.2) is 0 Å². The second-order valence-electron chi connectivity index (χ2n) is 4.26. The predicted molar refractivity (Wildman–Crippen MR) is 61.8 cm³/mol. The highest BCUT2D eigenvalue weighted by Gasteiger charge is 2.41. The van der Waals surface area contributed by atoms with Gasteiger partial charge in [-0.15, -0.1) is 0 Å². The molecule has 0 aliphatic rings. The van der Waals surface area contributed by atoms with Gasteiger partial charge in [-0.2, -0.15) is 13.2 Å². The molecule has 0 fully saturated rings. The first-order valence-corrected chi connectivity index (χ1v) is 5.93. The third kappa shape index (κ3) is 4.45. The quantitative estimate of drug-likeness (QED) is 0.729. The SMILES string of the molecule is CCC(CC)(CN)C(=O)N(CCO)CC(F)(F)F. The predicted octanol–water partition coefficient (Wildman–Crippen LogP) is 1.13. The van der Waals surface area contributed by atoms with E-state index in [0.717, 1.165) is 0 Å². The Morgan fingerprint density at radius 3 is 2.06 bits per heavy atom. The Hall–Kier alpha value is -0.820. The van der Waals surface area contributed by atoms with Crippen LogP contribution in [0.3, 0.4) is 0 Å². The normalized spacial score (nSPS) is 12.6. The van der Waals surface area contributed by atoms with Crippen molar-refractivity contribution in [2.75, 3.05) is 26.2 Å². The van der Waals surface area contributed by atoms with Crippen molar-refractivity contribution in [1.82, 2.24) is 4.90 Å². The van der Waals surface area contributed by atoms with Crippen LogP contribution >= 0.6 is 0 Å². The van der Waals surface area contributed by atoms with Crippen LogP contribution in [0.1, 0.15) is 26.7 Å². The highest BCUT2D eigenvalue weighted by molar-refractivity contribution is 5.83. The monoisotopic (exact) mass is 270 g/mol. The minimum absolute atomic E-state index is 0.00137. The summed E-state index contributed by atoms with van der Waals surface area (Å²) in [6, 6.07) is 0. The molecule has 0 rings (SSSR count). The van der Waals surface area contributed by atoms with Crippen LogP contribution in [-0.2, 0) is 4.79 Å². The number of hydrogen-bond acceptors (Lipinski definition) is 3. The van der Waals surface area contributed by atoms with Crippen LogP contribution in [-0.4, -0.2) is 48.3 Å². The molecule has 0 saturated heterocycles. The van der Waals surface area contributed by atoms with Gasteiger partial charge in [0.2, 0.25) is 5.91 Å². The summed E-state index contributed by atoms with van der Waals surface area (Å²) in [7, 11) is 0. The van der Waals surface area contributed by atoms with Crippen molar-refractivity contribution in [3.05, 3.63) is 0 Å². The van der Waals surface area contributed by atoms with Crippen molar-refractivity contribution >= 4 is 5.91 Å². The first-order valence-electron chi connectivity index (χ1n) is 5.93. The summed E-state index contributed by atoms with van der Waals surface area (Å²) in [6.07, 6.45) is -3.73. The van der Waals surface area contributed by atoms with Crippen LogP contribution in [0, 0.1) is 5.41 Å². The van der Waals surface area contributed by atoms with Gasteiger partial charge in [0.05, 0.1) is 12.0 Å². The second kappa shape index (κ2) is 6.94. The number of hydrogen-bond donors (Lipinski definition) is 2. The maximum absolute atomic E-state index is 12.4. The Kier molecular flexibility index (Phi) is 6.62. The van der Waals surface area contributed by atoms with Crippen LogP contribution in [0.4, 0.5) is 13.2 Å². The van der Waals surface area contributed by atoms with Gasteiger partial charge in [-0.3, -0.25) is 4.79 Å². The molecule has 0 aromatic heterocycles. The van der Waals surface area contributed by atoms with E-state index in [9.17, 15) is 18.0 Å². The number of aliphatic hydroxyl groups excluding tert-OH is 1. The third-order valence-corrected chi connectivity index (χ3v) is 3.23. The summed E-state index contributed by atoms with van der Waals surface area (Å²) >= 11 is 0. The Labute approximate surface area is 105 Å². The zero-order valence-corrected chi connectivity index (χ0v) is 10.8. The van der Waals surface area contributed by atoms with Gasteiger partial charge >= 0.3 is 6.18 Å². The molecule has 0 aromatic carbocycles. The fourth-order valence-corrected chi connectivity index (χ4v) is 1.85. The molecule has 1 amide bonds. The van der Waals surface area contributed by atoms with E-state index in [1.807, 2.05) is 0 Å². The molecule has 0 aromatic rings. The maximum Gasteiger partial charge on any atom is 0.406 e. The molecule has 0 heterocycles. The standard InChI is InChI=1S/C11H21F3N2O2/c1-3-10(4-2,7-15)9(18)16(5-6-17)8-11(12,13)14/h17H,3-8,15H2,1-2H3. The fourth-order valence-electron chi connectivity index (χ4n) is 1.85. The lowest BCUT2D eigenvalue weighted by Gasteiger charge is -2.35. The lowest BCUT2D eigenvalue weighted by Crippen LogP contribution is -2.51. The average Bonchev–Trinajstić information content (AvgIpc) is 2.29. The molecule has 0 aliphatic heterocycles. The van der Waals surface area contributed by atoms with Crippen molar-refractivity contribution in [3.63, 3.8) is 0 Å². The number of nitrogens with zero attached hydrogens (tertiary/aromatic N) is 1. The second-order valence-corrected chi connectivity index (χ2v) is 4.26. The van der Waals surface area contributed by atoms with E-state index in [4.69, 9.17) is 10.8 Å². The summed E-state index contributed by atoms with van der Waals surface area (Å²) in [5.41, 5.74) is 4.56. The Bertz CT molecular complexity index is 257. The molecule has 108 valence electrons. The van der Waals surface area contributed by atoms with Gasteiger partial charge in [0.1, 0.15) is 6.54 Å². The van der Waals surface area contributed by atoms with Gasteiger partial charge < -0.3 is 15.7 Å². The number of carbonyl (C=O) groups is 1. The summed E-state index contributed by atoms with van der Waals surface area (Å²) < 4.78 is 37.1. The van der Waals surface area contributed by atoms with Crippen LogP contribution in [0.2, 0.25) is 0 Å². The highest BCUT2D eigenvalue weighted by atomic mass is 19.4. The first-order chi connectivity index (χ1) is 8.26. The molecule has 0 saturated carbocycles. The van der Waals surface area contributed by atoms with Crippen LogP contribution in [0.5, 0.6) is 0 Å². The van der Waals surface area contributed by atoms with E-state index in [1.165, 1.54) is 0 Å². The Morgan fingerprint density at radius 2 is 1.78 bits per heavy atom. The molecule has 4 nitrogen and oxygen atoms in total. The van der Waals surface area contributed by atoms with Gasteiger partial charge in [0, 0.05) is 13.1 Å². The molecule has 7 heteroatoms. The Morgan fingerprint density at radius 1 is 1.28 bits per heavy atom. The largest absolute Gasteiger partial charge is 0.406 e. The summed E-state index contributed by atoms with van der Waals surface area (Å²) in [6.45, 7) is 1.25. The number of rotatable bonds is 7. The molecular weight excluding hydrogens is 249 g/mol. The molecule has 18 heavy (non-hydrogen) atoms. The molecule has 0 unspecified atom stereocenters. The fraction of sp³-hybridized carbons (Fsp3) is 0.909. The topological polar surface area (TPSA) is 66.6 Å². The number of nitrogens with two attached hydrogens (primary N) is 1. The highest BCUT2D eigenvalue weighted by Crippen LogP contribution is 2.29. The molecular formula is C11H21F3N2O2. The first kappa shape index (κ1) is 17.2. The molecule has 0 bridgehead atoms. The number of alkyl halides is 3. The molecule has 0 spiro atoms. The van der Waals surface area contributed by atoms with E-state index in [1.54, 1.807) is 13.8 Å². The van der Waals surface area contributed by atoms with Crippen molar-refractivity contribution in [1.29, 1.82) is 0 Å². The number of amides is 1. The smallest absolute Gasteiger partial charge is 0.395 e. The lowest BCUT2D eigenvalue weighted by molar-refractivity contribution is -0.168. The number of carbonyl (C=O) groups excluding carboxylic acids is 1.